The number of cyclic esters (lactones) is 1. The molecule has 0 radical (unpaired) electrons. The van der Waals surface area contributed by atoms with Gasteiger partial charge in [0.1, 0.15) is 23.3 Å². The highest BCUT2D eigenvalue weighted by Crippen LogP contribution is 2.31. The lowest BCUT2D eigenvalue weighted by Gasteiger charge is -2.37. The Morgan fingerprint density at radius 1 is 1.02 bits per heavy atom. The molecular weight excluding hydrogens is 540 g/mol. The van der Waals surface area contributed by atoms with E-state index in [1.165, 1.54) is 24.1 Å². The number of aromatic carboxylic acids is 1. The van der Waals surface area contributed by atoms with Crippen molar-refractivity contribution in [3.8, 4) is 0 Å². The molecule has 1 atom stereocenters. The Morgan fingerprint density at radius 2 is 1.68 bits per heavy atom. The molecule has 3 heterocycles. The first-order chi connectivity index (χ1) is 19.6. The van der Waals surface area contributed by atoms with Gasteiger partial charge in [0.15, 0.2) is 0 Å². The van der Waals surface area contributed by atoms with E-state index in [4.69, 9.17) is 4.74 Å². The molecule has 0 bridgehead atoms. The molecule has 1 aromatic heterocycles. The van der Waals surface area contributed by atoms with Gasteiger partial charge in [0.05, 0.1) is 35.7 Å². The summed E-state index contributed by atoms with van der Waals surface area (Å²) in [6, 6.07) is 7.12. The maximum atomic E-state index is 15.2. The second-order valence-corrected chi connectivity index (χ2v) is 9.95. The van der Waals surface area contributed by atoms with Gasteiger partial charge in [-0.25, -0.2) is 18.4 Å². The number of fused-ring (bicyclic) bond motifs is 1. The summed E-state index contributed by atoms with van der Waals surface area (Å²) in [5, 5.41) is 12.0. The summed E-state index contributed by atoms with van der Waals surface area (Å²) >= 11 is 0. The van der Waals surface area contributed by atoms with Gasteiger partial charge in [-0.3, -0.25) is 14.5 Å². The second kappa shape index (κ2) is 11.1. The molecule has 3 aromatic rings. The van der Waals surface area contributed by atoms with Gasteiger partial charge in [-0.05, 0) is 37.3 Å². The van der Waals surface area contributed by atoms with Crippen molar-refractivity contribution in [2.24, 2.45) is 0 Å². The minimum atomic E-state index is -1.37. The molecule has 11 nitrogen and oxygen atoms in total. The number of nitrogens with one attached hydrogen (secondary N) is 1. The number of hydrogen-bond donors (Lipinski definition) is 2. The third-order valence-electron chi connectivity index (χ3n) is 7.38. The van der Waals surface area contributed by atoms with Crippen molar-refractivity contribution in [1.29, 1.82) is 0 Å². The number of carbonyl (C=O) groups is 3. The zero-order valence-corrected chi connectivity index (χ0v) is 22.5. The minimum Gasteiger partial charge on any atom is -0.477 e. The van der Waals surface area contributed by atoms with E-state index in [1.807, 2.05) is 9.80 Å². The summed E-state index contributed by atoms with van der Waals surface area (Å²) < 4.78 is 37.3. The maximum Gasteiger partial charge on any atom is 0.414 e. The van der Waals surface area contributed by atoms with Gasteiger partial charge < -0.3 is 29.5 Å². The molecule has 0 spiro atoms. The molecule has 2 fully saturated rings. The van der Waals surface area contributed by atoms with Crippen molar-refractivity contribution in [2.75, 3.05) is 54.0 Å². The predicted octanol–water partition coefficient (Wildman–Crippen LogP) is 2.79. The van der Waals surface area contributed by atoms with Gasteiger partial charge in [-0.15, -0.1) is 0 Å². The summed E-state index contributed by atoms with van der Waals surface area (Å²) in [4.78, 5) is 52.5. The van der Waals surface area contributed by atoms with Gasteiger partial charge >= 0.3 is 12.1 Å². The van der Waals surface area contributed by atoms with Crippen LogP contribution in [-0.4, -0.2) is 73.0 Å². The first-order valence-electron chi connectivity index (χ1n) is 13.2. The van der Waals surface area contributed by atoms with Crippen LogP contribution >= 0.6 is 0 Å². The average molecular weight is 570 g/mol. The van der Waals surface area contributed by atoms with Crippen LogP contribution in [-0.2, 0) is 16.1 Å². The van der Waals surface area contributed by atoms with Crippen molar-refractivity contribution in [3.05, 3.63) is 63.9 Å². The van der Waals surface area contributed by atoms with Crippen molar-refractivity contribution in [1.82, 2.24) is 9.88 Å². The molecular formula is C28H29F2N5O6. The number of carboxylic acid groups (broad SMARTS) is 1. The second-order valence-electron chi connectivity index (χ2n) is 9.95. The predicted molar refractivity (Wildman–Crippen MR) is 148 cm³/mol. The lowest BCUT2D eigenvalue weighted by Crippen LogP contribution is -2.47. The normalized spacial score (nSPS) is 17.2. The molecule has 0 unspecified atom stereocenters. The molecule has 2 saturated heterocycles. The number of halogens is 2. The van der Waals surface area contributed by atoms with Gasteiger partial charge in [-0.1, -0.05) is 0 Å². The summed E-state index contributed by atoms with van der Waals surface area (Å²) in [5.74, 6) is -2.77. The van der Waals surface area contributed by atoms with Crippen LogP contribution in [0.25, 0.3) is 10.9 Å². The van der Waals surface area contributed by atoms with E-state index in [0.29, 0.717) is 49.6 Å². The molecule has 0 saturated carbocycles. The Bertz CT molecular complexity index is 1600. The third-order valence-corrected chi connectivity index (χ3v) is 7.38. The van der Waals surface area contributed by atoms with Crippen molar-refractivity contribution in [2.45, 2.75) is 26.5 Å². The fourth-order valence-corrected chi connectivity index (χ4v) is 5.26. The van der Waals surface area contributed by atoms with E-state index in [-0.39, 0.29) is 30.1 Å². The topological polar surface area (TPSA) is 124 Å². The molecule has 2 aromatic carbocycles. The Kier molecular flexibility index (Phi) is 7.52. The minimum absolute atomic E-state index is 0.00267. The molecule has 2 N–H and O–H groups in total. The van der Waals surface area contributed by atoms with Crippen molar-refractivity contribution in [3.63, 3.8) is 0 Å². The number of hydrogen-bond acceptors (Lipinski definition) is 7. The Morgan fingerprint density at radius 3 is 2.29 bits per heavy atom. The molecule has 2 aliphatic rings. The van der Waals surface area contributed by atoms with Crippen LogP contribution < -0.4 is 25.4 Å². The molecule has 216 valence electrons. The summed E-state index contributed by atoms with van der Waals surface area (Å²) in [6.45, 7) is 5.41. The van der Waals surface area contributed by atoms with Crippen LogP contribution in [0.1, 0.15) is 24.2 Å². The van der Waals surface area contributed by atoms with Crippen LogP contribution in [0.2, 0.25) is 0 Å². The zero-order chi connectivity index (χ0) is 29.4. The van der Waals surface area contributed by atoms with Crippen LogP contribution in [0.4, 0.5) is 30.6 Å². The fourth-order valence-electron chi connectivity index (χ4n) is 5.26. The third kappa shape index (κ3) is 5.39. The summed E-state index contributed by atoms with van der Waals surface area (Å²) in [5.41, 5.74) is 0.236. The number of carbonyl (C=O) groups excluding carboxylic acids is 2. The monoisotopic (exact) mass is 569 g/mol. The van der Waals surface area contributed by atoms with Crippen LogP contribution in [0.15, 0.2) is 41.3 Å². The van der Waals surface area contributed by atoms with Gasteiger partial charge in [0.25, 0.3) is 0 Å². The summed E-state index contributed by atoms with van der Waals surface area (Å²) in [7, 11) is 0. The van der Waals surface area contributed by atoms with E-state index in [2.05, 4.69) is 5.32 Å². The number of ether oxygens (including phenoxy) is 1. The van der Waals surface area contributed by atoms with E-state index < -0.39 is 40.8 Å². The number of piperazine rings is 1. The molecule has 41 heavy (non-hydrogen) atoms. The quantitative estimate of drug-likeness (QED) is 0.445. The largest absolute Gasteiger partial charge is 0.477 e. The molecule has 5 rings (SSSR count). The number of pyridine rings is 1. The van der Waals surface area contributed by atoms with Crippen molar-refractivity contribution < 1.29 is 33.0 Å². The van der Waals surface area contributed by atoms with Gasteiger partial charge in [-0.2, -0.15) is 0 Å². The van der Waals surface area contributed by atoms with E-state index in [1.54, 1.807) is 29.7 Å². The Balaban J connectivity index is 1.30. The average Bonchev–Trinajstić information content (AvgIpc) is 3.32. The van der Waals surface area contributed by atoms with E-state index in [0.717, 1.165) is 6.07 Å². The Labute approximate surface area is 233 Å². The van der Waals surface area contributed by atoms with E-state index >= 15 is 8.78 Å². The number of rotatable bonds is 7. The molecule has 13 heteroatoms. The highest BCUT2D eigenvalue weighted by molar-refractivity contribution is 5.93. The van der Waals surface area contributed by atoms with Crippen LogP contribution in [0.3, 0.4) is 0 Å². The lowest BCUT2D eigenvalue weighted by molar-refractivity contribution is -0.119. The SMILES string of the molecule is CCn1cc(C(=O)O)c(=O)c2cc(F)c(N3CCN(c4ccc(N5C[C@H](CNC(C)=O)OC5=O)cc4F)CC3)cc21. The first-order valence-corrected chi connectivity index (χ1v) is 13.2. The van der Waals surface area contributed by atoms with Crippen molar-refractivity contribution >= 4 is 45.9 Å². The van der Waals surface area contributed by atoms with Gasteiger partial charge in [0.2, 0.25) is 11.3 Å². The number of nitrogens with zero attached hydrogens (tertiary/aromatic N) is 4. The number of aryl methyl sites for hydroxylation is 1. The first kappa shape index (κ1) is 27.9. The molecule has 2 amide bonds. The highest BCUT2D eigenvalue weighted by atomic mass is 19.1. The molecule has 2 aliphatic heterocycles. The molecule has 0 aliphatic carbocycles. The number of benzene rings is 2. The smallest absolute Gasteiger partial charge is 0.414 e. The number of amides is 2. The fraction of sp³-hybridized carbons (Fsp3) is 0.357. The Hall–Kier alpha value is -4.68. The van der Waals surface area contributed by atoms with Crippen LogP contribution in [0.5, 0.6) is 0 Å². The number of aromatic nitrogens is 1. The summed E-state index contributed by atoms with van der Waals surface area (Å²) in [6.07, 6.45) is 0.111. The lowest BCUT2D eigenvalue weighted by atomic mass is 10.1. The maximum absolute atomic E-state index is 15.2. The highest BCUT2D eigenvalue weighted by Gasteiger charge is 2.33. The van der Waals surface area contributed by atoms with E-state index in [9.17, 15) is 24.3 Å². The van der Waals surface area contributed by atoms with Crippen LogP contribution in [0, 0.1) is 11.6 Å². The number of carboxylic acids is 1. The standard InChI is InChI=1S/C28H29F2N5O6/c1-3-32-15-20(27(38)39)26(37)19-11-22(30)25(12-24(19)32)34-8-6-33(7-9-34)23-5-4-17(10-21(23)29)35-14-18(41-28(35)40)13-31-16(2)36/h4-5,10-12,15,18H,3,6-9,13-14H2,1-2H3,(H,31,36)(H,38,39)/t18-/m0/s1. The number of anilines is 3. The van der Waals surface area contributed by atoms with Gasteiger partial charge in [0, 0.05) is 51.2 Å². The zero-order valence-electron chi connectivity index (χ0n) is 22.5.